The van der Waals surface area contributed by atoms with Gasteiger partial charge in [0.15, 0.2) is 13.2 Å². The maximum absolute atomic E-state index is 11.4. The number of carbonyl (C=O) groups excluding carboxylic acids is 2. The van der Waals surface area contributed by atoms with Gasteiger partial charge in [0.1, 0.15) is 0 Å². The third kappa shape index (κ3) is 11.9. The Kier molecular flexibility index (Phi) is 10.1. The Morgan fingerprint density at radius 1 is 1.09 bits per heavy atom. The van der Waals surface area contributed by atoms with E-state index in [1.165, 1.54) is 0 Å². The molecule has 0 fully saturated rings. The number of terminal acetylenes is 2. The standard InChI is InChI=1S/C17H26N2O4/c1-6-10-22-15(20)18-9-8-14(3)12-17(4,5)13-19-16(21)23-11-7-2/h1-2,14H,8-13H2,3-5H3,(H,18,20)(H,19,21). The average molecular weight is 322 g/mol. The van der Waals surface area contributed by atoms with Gasteiger partial charge < -0.3 is 20.1 Å². The van der Waals surface area contributed by atoms with Crippen molar-refractivity contribution >= 4 is 12.2 Å². The largest absolute Gasteiger partial charge is 0.436 e. The van der Waals surface area contributed by atoms with E-state index < -0.39 is 12.2 Å². The molecule has 0 aliphatic rings. The van der Waals surface area contributed by atoms with Crippen LogP contribution < -0.4 is 10.6 Å². The first kappa shape index (κ1) is 20.7. The number of ether oxygens (including phenoxy) is 2. The second kappa shape index (κ2) is 11.3. The van der Waals surface area contributed by atoms with Gasteiger partial charge >= 0.3 is 12.2 Å². The summed E-state index contributed by atoms with van der Waals surface area (Å²) >= 11 is 0. The minimum Gasteiger partial charge on any atom is -0.436 e. The zero-order valence-corrected chi connectivity index (χ0v) is 14.1. The molecule has 0 aromatic carbocycles. The molecule has 128 valence electrons. The molecule has 0 aliphatic heterocycles. The molecule has 0 saturated heterocycles. The van der Waals surface area contributed by atoms with Crippen molar-refractivity contribution in [2.24, 2.45) is 11.3 Å². The summed E-state index contributed by atoms with van der Waals surface area (Å²) in [5.74, 6) is 4.82. The summed E-state index contributed by atoms with van der Waals surface area (Å²) in [6, 6.07) is 0. The number of carbonyl (C=O) groups is 2. The third-order valence-corrected chi connectivity index (χ3v) is 3.09. The fourth-order valence-electron chi connectivity index (χ4n) is 2.17. The molecule has 1 unspecified atom stereocenters. The second-order valence-corrected chi connectivity index (χ2v) is 6.10. The quantitative estimate of drug-likeness (QED) is 0.638. The van der Waals surface area contributed by atoms with Crippen LogP contribution in [0.4, 0.5) is 9.59 Å². The highest BCUT2D eigenvalue weighted by Crippen LogP contribution is 2.26. The van der Waals surface area contributed by atoms with Crippen molar-refractivity contribution in [2.75, 3.05) is 26.3 Å². The Morgan fingerprint density at radius 3 is 2.13 bits per heavy atom. The normalized spacial score (nSPS) is 11.5. The molecule has 6 nitrogen and oxygen atoms in total. The third-order valence-electron chi connectivity index (χ3n) is 3.09. The first-order valence-electron chi connectivity index (χ1n) is 7.49. The van der Waals surface area contributed by atoms with Gasteiger partial charge in [-0.3, -0.25) is 0 Å². The molecule has 2 amide bonds. The van der Waals surface area contributed by atoms with Gasteiger partial charge in [0.2, 0.25) is 0 Å². The number of hydrogen-bond donors (Lipinski definition) is 2. The van der Waals surface area contributed by atoms with Crippen LogP contribution in [0.2, 0.25) is 0 Å². The van der Waals surface area contributed by atoms with E-state index in [-0.39, 0.29) is 18.6 Å². The molecule has 0 rings (SSSR count). The van der Waals surface area contributed by atoms with Crippen LogP contribution in [-0.4, -0.2) is 38.5 Å². The lowest BCUT2D eigenvalue weighted by Crippen LogP contribution is -2.35. The van der Waals surface area contributed by atoms with E-state index in [0.29, 0.717) is 19.0 Å². The van der Waals surface area contributed by atoms with Crippen molar-refractivity contribution in [3.8, 4) is 24.7 Å². The first-order valence-corrected chi connectivity index (χ1v) is 7.49. The number of rotatable bonds is 9. The Bertz CT molecular complexity index is 460. The summed E-state index contributed by atoms with van der Waals surface area (Å²) in [6.07, 6.45) is 10.7. The minimum absolute atomic E-state index is 0.0319. The SMILES string of the molecule is C#CCOC(=O)NCCC(C)CC(C)(C)CNC(=O)OCC#C. The molecular formula is C17H26N2O4. The maximum atomic E-state index is 11.4. The van der Waals surface area contributed by atoms with Gasteiger partial charge in [-0.1, -0.05) is 32.6 Å². The van der Waals surface area contributed by atoms with Crippen LogP contribution in [0.15, 0.2) is 0 Å². The molecule has 2 N–H and O–H groups in total. The van der Waals surface area contributed by atoms with Crippen molar-refractivity contribution in [1.82, 2.24) is 10.6 Å². The molecule has 23 heavy (non-hydrogen) atoms. The lowest BCUT2D eigenvalue weighted by Gasteiger charge is -2.28. The molecule has 0 radical (unpaired) electrons. The van der Waals surface area contributed by atoms with E-state index in [4.69, 9.17) is 22.3 Å². The van der Waals surface area contributed by atoms with Gasteiger partial charge in [-0.05, 0) is 24.2 Å². The van der Waals surface area contributed by atoms with E-state index in [1.807, 2.05) is 0 Å². The lowest BCUT2D eigenvalue weighted by atomic mass is 9.82. The highest BCUT2D eigenvalue weighted by Gasteiger charge is 2.22. The van der Waals surface area contributed by atoms with Crippen LogP contribution in [0.1, 0.15) is 33.6 Å². The van der Waals surface area contributed by atoms with Crippen LogP contribution in [-0.2, 0) is 9.47 Å². The van der Waals surface area contributed by atoms with Gasteiger partial charge in [0.05, 0.1) is 0 Å². The highest BCUT2D eigenvalue weighted by molar-refractivity contribution is 5.67. The Morgan fingerprint density at radius 2 is 1.61 bits per heavy atom. The fraction of sp³-hybridized carbons (Fsp3) is 0.647. The van der Waals surface area contributed by atoms with E-state index in [1.54, 1.807) is 0 Å². The molecule has 0 aromatic rings. The lowest BCUT2D eigenvalue weighted by molar-refractivity contribution is 0.150. The van der Waals surface area contributed by atoms with E-state index in [2.05, 4.69) is 43.2 Å². The molecule has 1 atom stereocenters. The second-order valence-electron chi connectivity index (χ2n) is 6.10. The van der Waals surface area contributed by atoms with Gasteiger partial charge in [-0.2, -0.15) is 0 Å². The van der Waals surface area contributed by atoms with Crippen molar-refractivity contribution in [3.63, 3.8) is 0 Å². The monoisotopic (exact) mass is 322 g/mol. The van der Waals surface area contributed by atoms with Gasteiger partial charge in [-0.15, -0.1) is 12.8 Å². The summed E-state index contributed by atoms with van der Waals surface area (Å²) in [4.78, 5) is 22.6. The van der Waals surface area contributed by atoms with E-state index in [9.17, 15) is 9.59 Å². The number of amides is 2. The Labute approximate surface area is 138 Å². The number of nitrogens with one attached hydrogen (secondary N) is 2. The van der Waals surface area contributed by atoms with Crippen LogP contribution >= 0.6 is 0 Å². The minimum atomic E-state index is -0.512. The molecule has 0 bridgehead atoms. The predicted molar refractivity (Wildman–Crippen MR) is 88.5 cm³/mol. The van der Waals surface area contributed by atoms with Crippen LogP contribution in [0.25, 0.3) is 0 Å². The van der Waals surface area contributed by atoms with Crippen molar-refractivity contribution in [2.45, 2.75) is 33.6 Å². The first-order chi connectivity index (χ1) is 10.8. The molecule has 0 heterocycles. The number of alkyl carbamates (subject to hydrolysis) is 2. The smallest absolute Gasteiger partial charge is 0.408 e. The van der Waals surface area contributed by atoms with Gasteiger partial charge in [-0.25, -0.2) is 9.59 Å². The van der Waals surface area contributed by atoms with E-state index in [0.717, 1.165) is 12.8 Å². The maximum Gasteiger partial charge on any atom is 0.408 e. The van der Waals surface area contributed by atoms with Crippen LogP contribution in [0, 0.1) is 36.0 Å². The fourth-order valence-corrected chi connectivity index (χ4v) is 2.17. The predicted octanol–water partition coefficient (Wildman–Crippen LogP) is 2.15. The topological polar surface area (TPSA) is 76.7 Å². The van der Waals surface area contributed by atoms with Crippen LogP contribution in [0.5, 0.6) is 0 Å². The number of hydrogen-bond acceptors (Lipinski definition) is 4. The Hall–Kier alpha value is -2.34. The molecular weight excluding hydrogens is 296 g/mol. The van der Waals surface area contributed by atoms with Gasteiger partial charge in [0.25, 0.3) is 0 Å². The van der Waals surface area contributed by atoms with Crippen molar-refractivity contribution in [1.29, 1.82) is 0 Å². The highest BCUT2D eigenvalue weighted by atomic mass is 16.6. The molecule has 0 saturated carbocycles. The van der Waals surface area contributed by atoms with Crippen molar-refractivity contribution < 1.29 is 19.1 Å². The molecule has 6 heteroatoms. The molecule has 0 aliphatic carbocycles. The van der Waals surface area contributed by atoms with Gasteiger partial charge in [0, 0.05) is 13.1 Å². The summed E-state index contributed by atoms with van der Waals surface area (Å²) in [6.45, 7) is 7.13. The Balaban J connectivity index is 3.96. The summed E-state index contributed by atoms with van der Waals surface area (Å²) < 4.78 is 9.46. The van der Waals surface area contributed by atoms with E-state index >= 15 is 0 Å². The van der Waals surface area contributed by atoms with Crippen LogP contribution in [0.3, 0.4) is 0 Å². The molecule has 0 spiro atoms. The zero-order chi connectivity index (χ0) is 17.7. The summed E-state index contributed by atoms with van der Waals surface area (Å²) in [7, 11) is 0. The molecule has 0 aromatic heterocycles. The van der Waals surface area contributed by atoms with Crippen molar-refractivity contribution in [3.05, 3.63) is 0 Å². The zero-order valence-electron chi connectivity index (χ0n) is 14.1. The summed E-state index contributed by atoms with van der Waals surface area (Å²) in [5, 5.41) is 5.34. The average Bonchev–Trinajstić information content (AvgIpc) is 2.48. The summed E-state index contributed by atoms with van der Waals surface area (Å²) in [5.41, 5.74) is -0.0987.